The van der Waals surface area contributed by atoms with E-state index in [0.717, 1.165) is 0 Å². The molecule has 0 radical (unpaired) electrons. The normalized spacial score (nSPS) is 10.4. The van der Waals surface area contributed by atoms with E-state index in [1.165, 1.54) is 0 Å². The number of hydrogen-bond acceptors (Lipinski definition) is 2. The Hall–Kier alpha value is -1.70. The minimum atomic E-state index is -0.334. The van der Waals surface area contributed by atoms with Crippen molar-refractivity contribution in [1.82, 2.24) is 5.32 Å². The third-order valence-electron chi connectivity index (χ3n) is 2.02. The van der Waals surface area contributed by atoms with E-state index in [0.29, 0.717) is 16.3 Å². The van der Waals surface area contributed by atoms with Crippen molar-refractivity contribution in [2.45, 2.75) is 26.3 Å². The first-order valence-corrected chi connectivity index (χ1v) is 6.18. The Balaban J connectivity index is 2.93. The van der Waals surface area contributed by atoms with Crippen LogP contribution >= 0.6 is 11.6 Å². The van der Waals surface area contributed by atoms with Crippen LogP contribution in [0.4, 0.5) is 10.5 Å². The minimum Gasteiger partial charge on any atom is -0.384 e. The molecule has 0 saturated heterocycles. The molecule has 1 aromatic carbocycles. The van der Waals surface area contributed by atoms with Crippen molar-refractivity contribution >= 4 is 23.3 Å². The van der Waals surface area contributed by atoms with Crippen molar-refractivity contribution < 1.29 is 9.90 Å². The summed E-state index contributed by atoms with van der Waals surface area (Å²) < 4.78 is 0. The fourth-order valence-electron chi connectivity index (χ4n) is 1.36. The van der Waals surface area contributed by atoms with Gasteiger partial charge in [0.1, 0.15) is 6.61 Å². The Morgan fingerprint density at radius 1 is 1.42 bits per heavy atom. The monoisotopic (exact) mass is 280 g/mol. The topological polar surface area (TPSA) is 61.4 Å². The molecule has 19 heavy (non-hydrogen) atoms. The molecule has 1 rings (SSSR count). The number of hydrogen-bond donors (Lipinski definition) is 3. The molecular weight excluding hydrogens is 264 g/mol. The molecule has 1 aromatic rings. The number of amides is 2. The zero-order valence-electron chi connectivity index (χ0n) is 11.2. The van der Waals surface area contributed by atoms with E-state index < -0.39 is 0 Å². The summed E-state index contributed by atoms with van der Waals surface area (Å²) in [4.78, 5) is 11.8. The van der Waals surface area contributed by atoms with Crippen LogP contribution in [0.5, 0.6) is 0 Å². The van der Waals surface area contributed by atoms with Crippen molar-refractivity contribution in [3.8, 4) is 11.8 Å². The van der Waals surface area contributed by atoms with E-state index in [9.17, 15) is 4.79 Å². The number of halogens is 1. The van der Waals surface area contributed by atoms with Gasteiger partial charge in [-0.05, 0) is 39.0 Å². The van der Waals surface area contributed by atoms with Crippen LogP contribution in [0.2, 0.25) is 5.02 Å². The van der Waals surface area contributed by atoms with Crippen LogP contribution in [-0.4, -0.2) is 23.3 Å². The van der Waals surface area contributed by atoms with Crippen molar-refractivity contribution in [3.63, 3.8) is 0 Å². The predicted molar refractivity (Wildman–Crippen MR) is 77.3 cm³/mol. The molecule has 0 bridgehead atoms. The number of benzene rings is 1. The molecule has 0 heterocycles. The molecule has 0 aliphatic heterocycles. The lowest BCUT2D eigenvalue weighted by atomic mass is 10.1. The van der Waals surface area contributed by atoms with Crippen LogP contribution in [-0.2, 0) is 0 Å². The third-order valence-corrected chi connectivity index (χ3v) is 2.26. The molecule has 0 aliphatic rings. The Kier molecular flexibility index (Phi) is 5.22. The van der Waals surface area contributed by atoms with Crippen LogP contribution in [0.1, 0.15) is 26.3 Å². The summed E-state index contributed by atoms with van der Waals surface area (Å²) in [6.45, 7) is 5.42. The van der Waals surface area contributed by atoms with Gasteiger partial charge in [0.05, 0.1) is 5.69 Å². The SMILES string of the molecule is CC(C)(C)NC(=O)Nc1cc(Cl)ccc1C#CCO. The number of anilines is 1. The second-order valence-corrected chi connectivity index (χ2v) is 5.42. The van der Waals surface area contributed by atoms with Crippen LogP contribution in [0.25, 0.3) is 0 Å². The highest BCUT2D eigenvalue weighted by atomic mass is 35.5. The maximum absolute atomic E-state index is 11.8. The summed E-state index contributed by atoms with van der Waals surface area (Å²) in [6.07, 6.45) is 0. The van der Waals surface area contributed by atoms with Gasteiger partial charge in [0.15, 0.2) is 0 Å². The number of rotatable bonds is 1. The summed E-state index contributed by atoms with van der Waals surface area (Å²) in [6, 6.07) is 4.65. The highest BCUT2D eigenvalue weighted by molar-refractivity contribution is 6.31. The first-order chi connectivity index (χ1) is 8.81. The number of carbonyl (C=O) groups is 1. The van der Waals surface area contributed by atoms with Crippen molar-refractivity contribution in [2.75, 3.05) is 11.9 Å². The van der Waals surface area contributed by atoms with E-state index in [1.807, 2.05) is 20.8 Å². The largest absolute Gasteiger partial charge is 0.384 e. The van der Waals surface area contributed by atoms with Crippen LogP contribution in [0.15, 0.2) is 18.2 Å². The number of aliphatic hydroxyl groups is 1. The molecule has 0 fully saturated rings. The first kappa shape index (κ1) is 15.4. The molecule has 0 aliphatic carbocycles. The first-order valence-electron chi connectivity index (χ1n) is 5.80. The van der Waals surface area contributed by atoms with Crippen LogP contribution < -0.4 is 10.6 Å². The zero-order valence-corrected chi connectivity index (χ0v) is 11.9. The lowest BCUT2D eigenvalue weighted by Gasteiger charge is -2.21. The molecule has 0 atom stereocenters. The average molecular weight is 281 g/mol. The lowest BCUT2D eigenvalue weighted by molar-refractivity contribution is 0.244. The second kappa shape index (κ2) is 6.46. The van der Waals surface area contributed by atoms with Crippen molar-refractivity contribution in [3.05, 3.63) is 28.8 Å². The zero-order chi connectivity index (χ0) is 14.5. The Morgan fingerprint density at radius 3 is 2.68 bits per heavy atom. The third kappa shape index (κ3) is 5.64. The minimum absolute atomic E-state index is 0.240. The van der Waals surface area contributed by atoms with E-state index >= 15 is 0 Å². The fraction of sp³-hybridized carbons (Fsp3) is 0.357. The average Bonchev–Trinajstić information content (AvgIpc) is 2.25. The standard InChI is InChI=1S/C14H17ClN2O2/c1-14(2,3)17-13(19)16-12-9-11(15)7-6-10(12)5-4-8-18/h6-7,9,18H,8H2,1-3H3,(H2,16,17,19). The van der Waals surface area contributed by atoms with Gasteiger partial charge in [-0.15, -0.1) is 0 Å². The number of urea groups is 1. The molecule has 4 nitrogen and oxygen atoms in total. The smallest absolute Gasteiger partial charge is 0.319 e. The summed E-state index contributed by atoms with van der Waals surface area (Å²) >= 11 is 5.90. The van der Waals surface area contributed by atoms with Gasteiger partial charge in [-0.1, -0.05) is 23.4 Å². The van der Waals surface area contributed by atoms with Gasteiger partial charge in [-0.3, -0.25) is 0 Å². The predicted octanol–water partition coefficient (Wildman–Crippen LogP) is 2.60. The number of nitrogens with one attached hydrogen (secondary N) is 2. The molecule has 0 saturated carbocycles. The Bertz CT molecular complexity index is 524. The molecule has 0 unspecified atom stereocenters. The highest BCUT2D eigenvalue weighted by Gasteiger charge is 2.14. The van der Waals surface area contributed by atoms with E-state index in [1.54, 1.807) is 18.2 Å². The second-order valence-electron chi connectivity index (χ2n) is 4.98. The number of aliphatic hydroxyl groups excluding tert-OH is 1. The quantitative estimate of drug-likeness (QED) is 0.693. The van der Waals surface area contributed by atoms with Crippen LogP contribution in [0, 0.1) is 11.8 Å². The van der Waals surface area contributed by atoms with Gasteiger partial charge >= 0.3 is 6.03 Å². The molecule has 5 heteroatoms. The van der Waals surface area contributed by atoms with E-state index in [4.69, 9.17) is 16.7 Å². The highest BCUT2D eigenvalue weighted by Crippen LogP contribution is 2.20. The summed E-state index contributed by atoms with van der Waals surface area (Å²) in [5.74, 6) is 5.29. The van der Waals surface area contributed by atoms with Gasteiger partial charge in [0.25, 0.3) is 0 Å². The maximum atomic E-state index is 11.8. The summed E-state index contributed by atoms with van der Waals surface area (Å²) in [5, 5.41) is 14.7. The van der Waals surface area contributed by atoms with Crippen molar-refractivity contribution in [2.24, 2.45) is 0 Å². The van der Waals surface area contributed by atoms with E-state index in [2.05, 4.69) is 22.5 Å². The Labute approximate surface area is 118 Å². The van der Waals surface area contributed by atoms with Crippen molar-refractivity contribution in [1.29, 1.82) is 0 Å². The fourth-order valence-corrected chi connectivity index (χ4v) is 1.53. The summed E-state index contributed by atoms with van der Waals surface area (Å²) in [5.41, 5.74) is 0.775. The van der Waals surface area contributed by atoms with Gasteiger partial charge in [-0.2, -0.15) is 0 Å². The van der Waals surface area contributed by atoms with Gasteiger partial charge in [0, 0.05) is 16.1 Å². The van der Waals surface area contributed by atoms with Gasteiger partial charge in [0.2, 0.25) is 0 Å². The maximum Gasteiger partial charge on any atom is 0.319 e. The molecule has 0 aromatic heterocycles. The van der Waals surface area contributed by atoms with Gasteiger partial charge in [-0.25, -0.2) is 4.79 Å². The van der Waals surface area contributed by atoms with E-state index in [-0.39, 0.29) is 18.2 Å². The molecular formula is C14H17ClN2O2. The lowest BCUT2D eigenvalue weighted by Crippen LogP contribution is -2.43. The molecule has 2 amide bonds. The molecule has 102 valence electrons. The number of carbonyl (C=O) groups excluding carboxylic acids is 1. The molecule has 3 N–H and O–H groups in total. The Morgan fingerprint density at radius 2 is 2.11 bits per heavy atom. The van der Waals surface area contributed by atoms with Crippen LogP contribution in [0.3, 0.4) is 0 Å². The summed E-state index contributed by atoms with van der Waals surface area (Å²) in [7, 11) is 0. The van der Waals surface area contributed by atoms with Gasteiger partial charge < -0.3 is 15.7 Å². The molecule has 0 spiro atoms.